The highest BCUT2D eigenvalue weighted by Crippen LogP contribution is 2.30. The Bertz CT molecular complexity index is 635. The summed E-state index contributed by atoms with van der Waals surface area (Å²) in [5.74, 6) is -0.201. The number of nitrogens with one attached hydrogen (secondary N) is 1. The van der Waals surface area contributed by atoms with Crippen LogP contribution in [0.4, 0.5) is 10.8 Å². The molecule has 2 rings (SSSR count). The predicted octanol–water partition coefficient (Wildman–Crippen LogP) is 3.55. The summed E-state index contributed by atoms with van der Waals surface area (Å²) in [6, 6.07) is 4.88. The first-order chi connectivity index (χ1) is 9.45. The van der Waals surface area contributed by atoms with E-state index in [1.165, 1.54) is 23.1 Å². The average Bonchev–Trinajstić information content (AvgIpc) is 2.79. The Morgan fingerprint density at radius 1 is 1.45 bits per heavy atom. The van der Waals surface area contributed by atoms with Gasteiger partial charge in [0.1, 0.15) is 0 Å². The zero-order valence-corrected chi connectivity index (χ0v) is 13.4. The Morgan fingerprint density at radius 3 is 2.85 bits per heavy atom. The summed E-state index contributed by atoms with van der Waals surface area (Å²) in [7, 11) is 0. The first-order valence-corrected chi connectivity index (χ1v) is 7.92. The van der Waals surface area contributed by atoms with E-state index in [1.54, 1.807) is 25.1 Å². The number of benzene rings is 1. The molecule has 1 atom stereocenters. The molecule has 0 saturated heterocycles. The number of halogens is 2. The third-order valence-electron chi connectivity index (χ3n) is 2.26. The van der Waals surface area contributed by atoms with Gasteiger partial charge in [0.25, 0.3) is 0 Å². The maximum atomic E-state index is 12.1. The van der Waals surface area contributed by atoms with Gasteiger partial charge in [-0.15, -0.1) is 10.2 Å². The number of amides is 1. The van der Waals surface area contributed by atoms with Crippen LogP contribution < -0.4 is 11.1 Å². The molecule has 5 nitrogen and oxygen atoms in total. The maximum absolute atomic E-state index is 12.1. The van der Waals surface area contributed by atoms with Crippen molar-refractivity contribution in [3.05, 3.63) is 28.2 Å². The van der Waals surface area contributed by atoms with E-state index in [0.29, 0.717) is 25.2 Å². The molecule has 0 unspecified atom stereocenters. The van der Waals surface area contributed by atoms with Crippen molar-refractivity contribution in [1.29, 1.82) is 0 Å². The van der Waals surface area contributed by atoms with E-state index >= 15 is 0 Å². The van der Waals surface area contributed by atoms with Gasteiger partial charge < -0.3 is 11.1 Å². The Morgan fingerprint density at radius 2 is 2.20 bits per heavy atom. The number of carbonyl (C=O) groups excluding carboxylic acids is 1. The van der Waals surface area contributed by atoms with Gasteiger partial charge in [0.05, 0.1) is 16.0 Å². The van der Waals surface area contributed by atoms with Crippen molar-refractivity contribution in [3.8, 4) is 0 Å². The van der Waals surface area contributed by atoms with Crippen LogP contribution in [0.15, 0.2) is 22.5 Å². The van der Waals surface area contributed by atoms with Gasteiger partial charge in [0.15, 0.2) is 4.34 Å². The Hall–Kier alpha value is -1.02. The predicted molar refractivity (Wildman–Crippen MR) is 84.7 cm³/mol. The van der Waals surface area contributed by atoms with Crippen LogP contribution in [0.5, 0.6) is 0 Å². The second kappa shape index (κ2) is 6.62. The molecule has 3 N–H and O–H groups in total. The highest BCUT2D eigenvalue weighted by atomic mass is 35.5. The van der Waals surface area contributed by atoms with Gasteiger partial charge in [-0.3, -0.25) is 4.79 Å². The highest BCUT2D eigenvalue weighted by molar-refractivity contribution is 8.02. The van der Waals surface area contributed by atoms with Gasteiger partial charge >= 0.3 is 0 Å². The van der Waals surface area contributed by atoms with Gasteiger partial charge in [-0.1, -0.05) is 46.3 Å². The highest BCUT2D eigenvalue weighted by Gasteiger charge is 2.18. The maximum Gasteiger partial charge on any atom is 0.237 e. The van der Waals surface area contributed by atoms with E-state index in [1.807, 2.05) is 0 Å². The zero-order chi connectivity index (χ0) is 14.7. The van der Waals surface area contributed by atoms with Gasteiger partial charge in [-0.25, -0.2) is 0 Å². The summed E-state index contributed by atoms with van der Waals surface area (Å²) in [4.78, 5) is 12.1. The topological polar surface area (TPSA) is 80.9 Å². The Kier molecular flexibility index (Phi) is 5.09. The minimum absolute atomic E-state index is 0.201. The van der Waals surface area contributed by atoms with E-state index in [4.69, 9.17) is 28.9 Å². The second-order valence-corrected chi connectivity index (χ2v) is 7.22. The molecule has 20 heavy (non-hydrogen) atoms. The first-order valence-electron chi connectivity index (χ1n) is 5.47. The SMILES string of the molecule is C[C@@H](Sc1nnc(N)s1)C(=O)Nc1cc(Cl)ccc1Cl. The van der Waals surface area contributed by atoms with Gasteiger partial charge in [-0.2, -0.15) is 0 Å². The van der Waals surface area contributed by atoms with Crippen molar-refractivity contribution in [2.45, 2.75) is 16.5 Å². The molecule has 1 heterocycles. The zero-order valence-electron chi connectivity index (χ0n) is 10.3. The lowest BCUT2D eigenvalue weighted by molar-refractivity contribution is -0.115. The lowest BCUT2D eigenvalue weighted by Gasteiger charge is -2.11. The molecule has 1 aromatic carbocycles. The number of aromatic nitrogens is 2. The lowest BCUT2D eigenvalue weighted by Crippen LogP contribution is -2.22. The van der Waals surface area contributed by atoms with Crippen LogP contribution in [0, 0.1) is 0 Å². The van der Waals surface area contributed by atoms with E-state index in [2.05, 4.69) is 15.5 Å². The summed E-state index contributed by atoms with van der Waals surface area (Å²) >= 11 is 14.4. The number of hydrogen-bond acceptors (Lipinski definition) is 6. The molecule has 0 bridgehead atoms. The van der Waals surface area contributed by atoms with Crippen LogP contribution in [0.2, 0.25) is 10.0 Å². The molecule has 0 fully saturated rings. The molecule has 0 aliphatic rings. The van der Waals surface area contributed by atoms with Crippen LogP contribution in [-0.2, 0) is 4.79 Å². The minimum Gasteiger partial charge on any atom is -0.374 e. The standard InChI is InChI=1S/C11H10Cl2N4OS2/c1-5(19-11-17-16-10(14)20-11)9(18)15-8-4-6(12)2-3-7(8)13/h2-5H,1H3,(H2,14,16)(H,15,18)/t5-/m1/s1. The average molecular weight is 349 g/mol. The van der Waals surface area contributed by atoms with Crippen molar-refractivity contribution in [3.63, 3.8) is 0 Å². The first kappa shape index (κ1) is 15.4. The fourth-order valence-electron chi connectivity index (χ4n) is 1.30. The van der Waals surface area contributed by atoms with Gasteiger partial charge in [0, 0.05) is 5.02 Å². The molecule has 9 heteroatoms. The van der Waals surface area contributed by atoms with Crippen molar-refractivity contribution < 1.29 is 4.79 Å². The molecule has 1 amide bonds. The number of nitrogen functional groups attached to an aromatic ring is 1. The van der Waals surface area contributed by atoms with Gasteiger partial charge in [0.2, 0.25) is 11.0 Å². The van der Waals surface area contributed by atoms with Crippen LogP contribution in [-0.4, -0.2) is 21.4 Å². The lowest BCUT2D eigenvalue weighted by atomic mass is 10.3. The number of rotatable bonds is 4. The van der Waals surface area contributed by atoms with E-state index in [9.17, 15) is 4.79 Å². The Labute approximate surface area is 133 Å². The molecule has 0 spiro atoms. The number of thioether (sulfide) groups is 1. The number of nitrogens with two attached hydrogens (primary N) is 1. The monoisotopic (exact) mass is 348 g/mol. The second-order valence-electron chi connectivity index (χ2n) is 3.78. The summed E-state index contributed by atoms with van der Waals surface area (Å²) in [6.45, 7) is 1.76. The molecular weight excluding hydrogens is 339 g/mol. The summed E-state index contributed by atoms with van der Waals surface area (Å²) < 4.78 is 0.641. The smallest absolute Gasteiger partial charge is 0.237 e. The van der Waals surface area contributed by atoms with E-state index < -0.39 is 0 Å². The molecular formula is C11H10Cl2N4OS2. The molecule has 2 aromatic rings. The van der Waals surface area contributed by atoms with Crippen molar-refractivity contribution in [2.75, 3.05) is 11.1 Å². The number of carbonyl (C=O) groups is 1. The molecule has 0 aliphatic carbocycles. The van der Waals surface area contributed by atoms with Crippen LogP contribution in [0.1, 0.15) is 6.92 Å². The molecule has 106 valence electrons. The summed E-state index contributed by atoms with van der Waals surface area (Å²) in [5.41, 5.74) is 5.97. The van der Waals surface area contributed by atoms with Crippen molar-refractivity contribution in [2.24, 2.45) is 0 Å². The number of hydrogen-bond donors (Lipinski definition) is 2. The minimum atomic E-state index is -0.364. The fourth-order valence-corrected chi connectivity index (χ4v) is 3.42. The molecule has 0 radical (unpaired) electrons. The molecule has 0 saturated carbocycles. The summed E-state index contributed by atoms with van der Waals surface area (Å²) in [6.07, 6.45) is 0. The third kappa shape index (κ3) is 3.99. The van der Waals surface area contributed by atoms with Crippen molar-refractivity contribution in [1.82, 2.24) is 10.2 Å². The quantitative estimate of drug-likeness (QED) is 0.825. The van der Waals surface area contributed by atoms with Crippen molar-refractivity contribution >= 4 is 63.0 Å². The van der Waals surface area contributed by atoms with Crippen LogP contribution >= 0.6 is 46.3 Å². The normalized spacial score (nSPS) is 12.2. The van der Waals surface area contributed by atoms with E-state index in [-0.39, 0.29) is 11.2 Å². The fraction of sp³-hybridized carbons (Fsp3) is 0.182. The van der Waals surface area contributed by atoms with Crippen LogP contribution in [0.25, 0.3) is 0 Å². The number of nitrogens with zero attached hydrogens (tertiary/aromatic N) is 2. The molecule has 1 aromatic heterocycles. The summed E-state index contributed by atoms with van der Waals surface area (Å²) in [5, 5.41) is 11.2. The third-order valence-corrected chi connectivity index (χ3v) is 4.76. The van der Waals surface area contributed by atoms with Gasteiger partial charge in [-0.05, 0) is 25.1 Å². The Balaban J connectivity index is 2.02. The van der Waals surface area contributed by atoms with Crippen LogP contribution in [0.3, 0.4) is 0 Å². The molecule has 0 aliphatic heterocycles. The number of anilines is 2. The largest absolute Gasteiger partial charge is 0.374 e. The van der Waals surface area contributed by atoms with E-state index in [0.717, 1.165) is 0 Å².